The second-order valence-corrected chi connectivity index (χ2v) is 5.23. The largest absolute Gasteiger partial charge is 0.281 e. The standard InChI is InChI=1S/C15H21N/c1-5-11-12-7-9-15(3,4)10-8-14(12)16-13(11)6-2/h5,7-10,12,14H,6H2,1-4H3/b11-5-. The Labute approximate surface area is 98.7 Å². The Bertz CT molecular complexity index is 394. The monoisotopic (exact) mass is 215 g/mol. The molecule has 2 unspecified atom stereocenters. The number of fused-ring (bicyclic) bond motifs is 1. The van der Waals surface area contributed by atoms with Gasteiger partial charge in [0.15, 0.2) is 0 Å². The first-order valence-electron chi connectivity index (χ1n) is 6.19. The van der Waals surface area contributed by atoms with Crippen LogP contribution in [0, 0.1) is 11.3 Å². The topological polar surface area (TPSA) is 12.4 Å². The molecule has 0 spiro atoms. The summed E-state index contributed by atoms with van der Waals surface area (Å²) in [6.45, 7) is 8.78. The van der Waals surface area contributed by atoms with Crippen molar-refractivity contribution in [2.24, 2.45) is 16.3 Å². The molecule has 0 amide bonds. The third-order valence-corrected chi connectivity index (χ3v) is 3.47. The maximum absolute atomic E-state index is 4.82. The number of nitrogens with zero attached hydrogens (tertiary/aromatic N) is 1. The van der Waals surface area contributed by atoms with E-state index in [4.69, 9.17) is 4.99 Å². The molecule has 1 heterocycles. The van der Waals surface area contributed by atoms with Gasteiger partial charge in [0.1, 0.15) is 0 Å². The van der Waals surface area contributed by atoms with Crippen LogP contribution >= 0.6 is 0 Å². The van der Waals surface area contributed by atoms with Crippen LogP contribution in [0.15, 0.2) is 40.9 Å². The second-order valence-electron chi connectivity index (χ2n) is 5.23. The van der Waals surface area contributed by atoms with Crippen molar-refractivity contribution in [2.75, 3.05) is 0 Å². The molecule has 2 rings (SSSR count). The molecule has 0 bridgehead atoms. The van der Waals surface area contributed by atoms with Crippen LogP contribution in [0.2, 0.25) is 0 Å². The van der Waals surface area contributed by atoms with Crippen LogP contribution in [0.3, 0.4) is 0 Å². The molecule has 2 atom stereocenters. The summed E-state index contributed by atoms with van der Waals surface area (Å²) < 4.78 is 0. The Morgan fingerprint density at radius 3 is 2.62 bits per heavy atom. The highest BCUT2D eigenvalue weighted by molar-refractivity contribution is 6.03. The predicted molar refractivity (Wildman–Crippen MR) is 70.8 cm³/mol. The fourth-order valence-corrected chi connectivity index (χ4v) is 2.50. The van der Waals surface area contributed by atoms with Crippen molar-refractivity contribution in [3.8, 4) is 0 Å². The SMILES string of the molecule is C/C=C1\C(CC)=NC2C=CC(C)(C)C=CC12. The smallest absolute Gasteiger partial charge is 0.0787 e. The van der Waals surface area contributed by atoms with Crippen LogP contribution in [0.4, 0.5) is 0 Å². The fraction of sp³-hybridized carbons (Fsp3) is 0.533. The summed E-state index contributed by atoms with van der Waals surface area (Å²) in [5.74, 6) is 0.470. The molecule has 0 fully saturated rings. The van der Waals surface area contributed by atoms with E-state index in [2.05, 4.69) is 58.1 Å². The number of aliphatic imine (C=N–C) groups is 1. The molecule has 1 aliphatic heterocycles. The maximum Gasteiger partial charge on any atom is 0.0787 e. The van der Waals surface area contributed by atoms with Gasteiger partial charge in [0.2, 0.25) is 0 Å². The third-order valence-electron chi connectivity index (χ3n) is 3.47. The quantitative estimate of drug-likeness (QED) is 0.588. The van der Waals surface area contributed by atoms with Gasteiger partial charge in [-0.3, -0.25) is 4.99 Å². The Morgan fingerprint density at radius 1 is 1.31 bits per heavy atom. The summed E-state index contributed by atoms with van der Waals surface area (Å²) in [5, 5.41) is 0. The number of hydrogen-bond donors (Lipinski definition) is 0. The van der Waals surface area contributed by atoms with Gasteiger partial charge in [0.05, 0.1) is 6.04 Å². The van der Waals surface area contributed by atoms with Crippen molar-refractivity contribution in [1.29, 1.82) is 0 Å². The second kappa shape index (κ2) is 4.04. The summed E-state index contributed by atoms with van der Waals surface area (Å²) >= 11 is 0. The van der Waals surface area contributed by atoms with Crippen molar-refractivity contribution < 1.29 is 0 Å². The van der Waals surface area contributed by atoms with Gasteiger partial charge < -0.3 is 0 Å². The lowest BCUT2D eigenvalue weighted by Gasteiger charge is -2.13. The average Bonchev–Trinajstić information content (AvgIpc) is 2.53. The fourth-order valence-electron chi connectivity index (χ4n) is 2.50. The molecule has 2 aliphatic rings. The van der Waals surface area contributed by atoms with E-state index >= 15 is 0 Å². The van der Waals surface area contributed by atoms with Crippen molar-refractivity contribution >= 4 is 5.71 Å². The Balaban J connectivity index is 2.38. The first-order valence-corrected chi connectivity index (χ1v) is 6.19. The lowest BCUT2D eigenvalue weighted by atomic mass is 9.90. The Kier molecular flexibility index (Phi) is 2.88. The number of rotatable bonds is 1. The summed E-state index contributed by atoms with van der Waals surface area (Å²) in [7, 11) is 0. The highest BCUT2D eigenvalue weighted by Gasteiger charge is 2.31. The van der Waals surface area contributed by atoms with Crippen molar-refractivity contribution in [3.05, 3.63) is 36.0 Å². The maximum atomic E-state index is 4.82. The van der Waals surface area contributed by atoms with E-state index in [0.29, 0.717) is 12.0 Å². The summed E-state index contributed by atoms with van der Waals surface area (Å²) in [6, 6.07) is 0.333. The molecule has 0 N–H and O–H groups in total. The van der Waals surface area contributed by atoms with E-state index in [9.17, 15) is 0 Å². The van der Waals surface area contributed by atoms with E-state index < -0.39 is 0 Å². The molecule has 1 nitrogen and oxygen atoms in total. The first-order chi connectivity index (χ1) is 7.57. The van der Waals surface area contributed by atoms with Crippen LogP contribution in [0.5, 0.6) is 0 Å². The van der Waals surface area contributed by atoms with Crippen LogP contribution in [-0.2, 0) is 0 Å². The van der Waals surface area contributed by atoms with Crippen molar-refractivity contribution in [3.63, 3.8) is 0 Å². The van der Waals surface area contributed by atoms with Gasteiger partial charge in [-0.05, 0) is 18.9 Å². The number of hydrogen-bond acceptors (Lipinski definition) is 1. The minimum atomic E-state index is 0.172. The molecule has 1 aliphatic carbocycles. The third kappa shape index (κ3) is 1.91. The molecule has 1 heteroatoms. The predicted octanol–water partition coefficient (Wildman–Crippen LogP) is 3.93. The van der Waals surface area contributed by atoms with Crippen LogP contribution in [-0.4, -0.2) is 11.8 Å². The van der Waals surface area contributed by atoms with E-state index in [1.54, 1.807) is 0 Å². The molecule has 0 aromatic carbocycles. The van der Waals surface area contributed by atoms with Gasteiger partial charge in [-0.15, -0.1) is 0 Å². The summed E-state index contributed by atoms with van der Waals surface area (Å²) in [6.07, 6.45) is 12.5. The van der Waals surface area contributed by atoms with Crippen molar-refractivity contribution in [1.82, 2.24) is 0 Å². The molecule has 0 saturated heterocycles. The van der Waals surface area contributed by atoms with Crippen molar-refractivity contribution in [2.45, 2.75) is 40.2 Å². The van der Waals surface area contributed by atoms with Gasteiger partial charge in [0, 0.05) is 17.0 Å². The van der Waals surface area contributed by atoms with Crippen LogP contribution in [0.1, 0.15) is 34.1 Å². The minimum Gasteiger partial charge on any atom is -0.281 e. The summed E-state index contributed by atoms with van der Waals surface area (Å²) in [4.78, 5) is 4.82. The zero-order chi connectivity index (χ0) is 11.8. The molecule has 0 saturated carbocycles. The normalized spacial score (nSPS) is 33.8. The van der Waals surface area contributed by atoms with Gasteiger partial charge in [-0.1, -0.05) is 51.2 Å². The zero-order valence-corrected chi connectivity index (χ0v) is 10.7. The molecule has 86 valence electrons. The summed E-state index contributed by atoms with van der Waals surface area (Å²) in [5.41, 5.74) is 2.88. The Morgan fingerprint density at radius 2 is 2.00 bits per heavy atom. The lowest BCUT2D eigenvalue weighted by Crippen LogP contribution is -2.10. The first kappa shape index (κ1) is 11.4. The highest BCUT2D eigenvalue weighted by Crippen LogP contribution is 2.35. The lowest BCUT2D eigenvalue weighted by molar-refractivity contribution is 0.625. The van der Waals surface area contributed by atoms with Crippen LogP contribution < -0.4 is 0 Å². The molecular formula is C15H21N. The number of allylic oxidation sites excluding steroid dienone is 3. The van der Waals surface area contributed by atoms with Gasteiger partial charge in [-0.25, -0.2) is 0 Å². The van der Waals surface area contributed by atoms with E-state index in [0.717, 1.165) is 6.42 Å². The minimum absolute atomic E-state index is 0.172. The van der Waals surface area contributed by atoms with E-state index in [-0.39, 0.29) is 5.41 Å². The molecule has 0 radical (unpaired) electrons. The molecule has 16 heavy (non-hydrogen) atoms. The highest BCUT2D eigenvalue weighted by atomic mass is 14.8. The molecule has 0 aromatic rings. The van der Waals surface area contributed by atoms with Gasteiger partial charge in [0.25, 0.3) is 0 Å². The van der Waals surface area contributed by atoms with E-state index in [1.807, 2.05) is 0 Å². The van der Waals surface area contributed by atoms with Gasteiger partial charge in [-0.2, -0.15) is 0 Å². The van der Waals surface area contributed by atoms with Crippen LogP contribution in [0.25, 0.3) is 0 Å². The molecular weight excluding hydrogens is 194 g/mol. The zero-order valence-electron chi connectivity index (χ0n) is 10.7. The van der Waals surface area contributed by atoms with Gasteiger partial charge >= 0.3 is 0 Å². The van der Waals surface area contributed by atoms with E-state index in [1.165, 1.54) is 11.3 Å². The Hall–Kier alpha value is -1.11. The average molecular weight is 215 g/mol. The molecule has 0 aromatic heterocycles.